The van der Waals surface area contributed by atoms with Crippen LogP contribution < -0.4 is 10.1 Å². The third kappa shape index (κ3) is 3.79. The Hall–Kier alpha value is -3.58. The lowest BCUT2D eigenvalue weighted by atomic mass is 10.1. The van der Waals surface area contributed by atoms with Crippen LogP contribution in [0.25, 0.3) is 11.6 Å². The Labute approximate surface area is 178 Å². The van der Waals surface area contributed by atoms with Crippen LogP contribution in [0.3, 0.4) is 0 Å². The number of esters is 1. The van der Waals surface area contributed by atoms with Crippen molar-refractivity contribution in [1.82, 2.24) is 0 Å². The topological polar surface area (TPSA) is 80.2 Å². The summed E-state index contributed by atoms with van der Waals surface area (Å²) in [7, 11) is 1.60. The van der Waals surface area contributed by atoms with Gasteiger partial charge in [0.15, 0.2) is 0 Å². The van der Waals surface area contributed by atoms with Crippen LogP contribution >= 0.6 is 11.3 Å². The lowest BCUT2D eigenvalue weighted by molar-refractivity contribution is 0.0525. The first-order valence-corrected chi connectivity index (χ1v) is 10.2. The maximum Gasteiger partial charge on any atom is 0.344 e. The molecule has 4 rings (SSSR count). The number of methoxy groups -OCH3 is 1. The SMILES string of the molecule is CCOC(=O)c1c(Nc2ccc(OC)cc2)sc(C=C2C=Nc3ccccc32)c1O. The number of nitrogens with one attached hydrogen (secondary N) is 1. The Morgan fingerprint density at radius 2 is 1.97 bits per heavy atom. The van der Waals surface area contributed by atoms with Crippen molar-refractivity contribution in [3.8, 4) is 11.5 Å². The van der Waals surface area contributed by atoms with E-state index in [0.29, 0.717) is 9.88 Å². The molecule has 0 bridgehead atoms. The summed E-state index contributed by atoms with van der Waals surface area (Å²) in [6.45, 7) is 1.94. The van der Waals surface area contributed by atoms with Crippen LogP contribution in [0.1, 0.15) is 27.7 Å². The highest BCUT2D eigenvalue weighted by Crippen LogP contribution is 2.43. The molecule has 1 aliphatic heterocycles. The zero-order valence-corrected chi connectivity index (χ0v) is 17.3. The van der Waals surface area contributed by atoms with Crippen LogP contribution in [0.15, 0.2) is 53.5 Å². The normalized spacial score (nSPS) is 13.3. The zero-order valence-electron chi connectivity index (χ0n) is 16.5. The van der Waals surface area contributed by atoms with Crippen LogP contribution in [-0.4, -0.2) is 31.0 Å². The van der Waals surface area contributed by atoms with Crippen molar-refractivity contribution in [2.24, 2.45) is 4.99 Å². The maximum atomic E-state index is 12.5. The van der Waals surface area contributed by atoms with Crippen molar-refractivity contribution in [2.75, 3.05) is 19.0 Å². The number of para-hydroxylation sites is 1. The molecule has 0 fully saturated rings. The molecule has 30 heavy (non-hydrogen) atoms. The summed E-state index contributed by atoms with van der Waals surface area (Å²) in [6.07, 6.45) is 3.59. The van der Waals surface area contributed by atoms with E-state index in [1.807, 2.05) is 54.6 Å². The number of benzene rings is 2. The molecule has 7 heteroatoms. The molecule has 3 aromatic rings. The van der Waals surface area contributed by atoms with Crippen LogP contribution in [0.5, 0.6) is 11.5 Å². The van der Waals surface area contributed by atoms with E-state index < -0.39 is 5.97 Å². The largest absolute Gasteiger partial charge is 0.505 e. The van der Waals surface area contributed by atoms with E-state index in [0.717, 1.165) is 28.3 Å². The third-order valence-corrected chi connectivity index (χ3v) is 5.62. The number of rotatable bonds is 6. The molecule has 0 aliphatic carbocycles. The number of thiophene rings is 1. The van der Waals surface area contributed by atoms with E-state index in [9.17, 15) is 9.90 Å². The minimum absolute atomic E-state index is 0.111. The van der Waals surface area contributed by atoms with Gasteiger partial charge in [0.2, 0.25) is 0 Å². The van der Waals surface area contributed by atoms with E-state index in [1.54, 1.807) is 20.2 Å². The van der Waals surface area contributed by atoms with Gasteiger partial charge in [-0.25, -0.2) is 4.79 Å². The highest BCUT2D eigenvalue weighted by atomic mass is 32.1. The third-order valence-electron chi connectivity index (χ3n) is 4.58. The summed E-state index contributed by atoms with van der Waals surface area (Å²) in [5, 5.41) is 14.5. The van der Waals surface area contributed by atoms with Gasteiger partial charge in [-0.3, -0.25) is 4.99 Å². The monoisotopic (exact) mass is 420 g/mol. The lowest BCUT2D eigenvalue weighted by Crippen LogP contribution is -2.06. The molecule has 6 nitrogen and oxygen atoms in total. The van der Waals surface area contributed by atoms with E-state index in [2.05, 4.69) is 10.3 Å². The molecule has 0 spiro atoms. The molecule has 1 aliphatic rings. The molecule has 152 valence electrons. The van der Waals surface area contributed by atoms with E-state index in [-0.39, 0.29) is 17.9 Å². The summed E-state index contributed by atoms with van der Waals surface area (Å²) in [4.78, 5) is 17.5. The second-order valence-electron chi connectivity index (χ2n) is 6.47. The van der Waals surface area contributed by atoms with Gasteiger partial charge in [0, 0.05) is 23.0 Å². The molecule has 2 N–H and O–H groups in total. The average molecular weight is 420 g/mol. The van der Waals surface area contributed by atoms with Gasteiger partial charge < -0.3 is 19.9 Å². The lowest BCUT2D eigenvalue weighted by Gasteiger charge is -2.08. The summed E-state index contributed by atoms with van der Waals surface area (Å²) < 4.78 is 10.3. The first-order chi connectivity index (χ1) is 14.6. The number of carbonyl (C=O) groups excluding carboxylic acids is 1. The summed E-state index contributed by atoms with van der Waals surface area (Å²) in [5.74, 6) is 0.0388. The number of aliphatic imine (C=N–C) groups is 1. The van der Waals surface area contributed by atoms with E-state index >= 15 is 0 Å². The highest BCUT2D eigenvalue weighted by Gasteiger charge is 2.25. The van der Waals surface area contributed by atoms with Gasteiger partial charge in [0.25, 0.3) is 0 Å². The Morgan fingerprint density at radius 1 is 1.20 bits per heavy atom. The van der Waals surface area contributed by atoms with Crippen molar-refractivity contribution < 1.29 is 19.4 Å². The molecule has 0 saturated heterocycles. The fourth-order valence-electron chi connectivity index (χ4n) is 3.12. The predicted molar refractivity (Wildman–Crippen MR) is 121 cm³/mol. The van der Waals surface area contributed by atoms with Gasteiger partial charge in [-0.05, 0) is 43.3 Å². The van der Waals surface area contributed by atoms with Crippen LogP contribution in [0.4, 0.5) is 16.4 Å². The molecule has 2 aromatic carbocycles. The fourth-order valence-corrected chi connectivity index (χ4v) is 4.17. The maximum absolute atomic E-state index is 12.5. The predicted octanol–water partition coefficient (Wildman–Crippen LogP) is 5.64. The molecule has 0 radical (unpaired) electrons. The van der Waals surface area contributed by atoms with Gasteiger partial charge in [-0.2, -0.15) is 0 Å². The van der Waals surface area contributed by atoms with Crippen molar-refractivity contribution in [3.05, 3.63) is 64.5 Å². The second kappa shape index (κ2) is 8.42. The number of nitrogens with zero attached hydrogens (tertiary/aromatic N) is 1. The van der Waals surface area contributed by atoms with Crippen LogP contribution in [0, 0.1) is 0 Å². The summed E-state index contributed by atoms with van der Waals surface area (Å²) >= 11 is 1.28. The summed E-state index contributed by atoms with van der Waals surface area (Å²) in [6, 6.07) is 15.1. The molecule has 2 heterocycles. The molecule has 0 amide bonds. The Bertz CT molecular complexity index is 1150. The Morgan fingerprint density at radius 3 is 2.70 bits per heavy atom. The minimum atomic E-state index is -0.576. The number of fused-ring (bicyclic) bond motifs is 1. The molecule has 1 aromatic heterocycles. The fraction of sp³-hybridized carbons (Fsp3) is 0.130. The second-order valence-corrected chi connectivity index (χ2v) is 7.52. The van der Waals surface area contributed by atoms with Crippen molar-refractivity contribution in [1.29, 1.82) is 0 Å². The molecule has 0 saturated carbocycles. The quantitative estimate of drug-likeness (QED) is 0.505. The van der Waals surface area contributed by atoms with Gasteiger partial charge in [-0.1, -0.05) is 18.2 Å². The number of anilines is 2. The number of carbonyl (C=O) groups is 1. The van der Waals surface area contributed by atoms with Crippen LogP contribution in [-0.2, 0) is 4.74 Å². The number of ether oxygens (including phenoxy) is 2. The highest BCUT2D eigenvalue weighted by molar-refractivity contribution is 7.18. The van der Waals surface area contributed by atoms with Crippen molar-refractivity contribution in [2.45, 2.75) is 6.92 Å². The van der Waals surface area contributed by atoms with Crippen LogP contribution in [0.2, 0.25) is 0 Å². The average Bonchev–Trinajstić information content (AvgIpc) is 3.30. The van der Waals surface area contributed by atoms with Gasteiger partial charge >= 0.3 is 5.97 Å². The number of aromatic hydroxyl groups is 1. The number of allylic oxidation sites excluding steroid dienone is 1. The standard InChI is InChI=1S/C23H20N2O4S/c1-3-29-23(27)20-21(26)19(12-14-13-24-18-7-5-4-6-17(14)18)30-22(20)25-15-8-10-16(28-2)11-9-15/h4-13,25-26H,3H2,1-2H3. The molecule has 0 unspecified atom stereocenters. The Balaban J connectivity index is 1.73. The zero-order chi connectivity index (χ0) is 21.1. The minimum Gasteiger partial charge on any atom is -0.505 e. The smallest absolute Gasteiger partial charge is 0.344 e. The first-order valence-electron chi connectivity index (χ1n) is 9.39. The van der Waals surface area contributed by atoms with E-state index in [4.69, 9.17) is 9.47 Å². The van der Waals surface area contributed by atoms with Gasteiger partial charge in [0.05, 0.1) is 24.3 Å². The number of hydrogen-bond donors (Lipinski definition) is 2. The number of hydrogen-bond acceptors (Lipinski definition) is 7. The molecular formula is C23H20N2O4S. The van der Waals surface area contributed by atoms with E-state index in [1.165, 1.54) is 11.3 Å². The van der Waals surface area contributed by atoms with Gasteiger partial charge in [-0.15, -0.1) is 11.3 Å². The summed E-state index contributed by atoms with van der Waals surface area (Å²) in [5.41, 5.74) is 3.60. The molecule has 0 atom stereocenters. The van der Waals surface area contributed by atoms with Crippen molar-refractivity contribution in [3.63, 3.8) is 0 Å². The molecular weight excluding hydrogens is 400 g/mol. The first kappa shape index (κ1) is 19.7. The van der Waals surface area contributed by atoms with Crippen molar-refractivity contribution >= 4 is 51.5 Å². The Kier molecular flexibility index (Phi) is 5.54. The van der Waals surface area contributed by atoms with Gasteiger partial charge in [0.1, 0.15) is 22.1 Å².